The molecule has 2 aromatic rings. The van der Waals surface area contributed by atoms with Gasteiger partial charge in [0.15, 0.2) is 0 Å². The van der Waals surface area contributed by atoms with Crippen LogP contribution in [0.1, 0.15) is 60.6 Å². The second-order valence-corrected chi connectivity index (χ2v) is 8.21. The molecule has 0 bridgehead atoms. The Balaban J connectivity index is 1.44. The van der Waals surface area contributed by atoms with E-state index in [1.165, 1.54) is 12.8 Å². The number of amides is 1. The molecule has 1 aromatic heterocycles. The Bertz CT molecular complexity index is 794. The molecule has 0 aliphatic carbocycles. The first-order chi connectivity index (χ1) is 16.6. The van der Waals surface area contributed by atoms with Crippen LogP contribution >= 0.6 is 0 Å². The van der Waals surface area contributed by atoms with Gasteiger partial charge in [-0.3, -0.25) is 9.48 Å². The number of aryl methyl sites for hydroxylation is 1. The standard InChI is InChI=1S/C26H41N3O5/c1-4-5-6-12-31-14-16-33-18-19-34-17-15-32-13-11-27-26(30)25-9-7-24(8-10-25)23(3)29-21-22(2)20-28-29/h7-10,20-21,23H,4-6,11-19H2,1-3H3,(H,27,30). The summed E-state index contributed by atoms with van der Waals surface area (Å²) in [7, 11) is 0. The predicted octanol–water partition coefficient (Wildman–Crippen LogP) is 3.79. The average molecular weight is 476 g/mol. The van der Waals surface area contributed by atoms with Crippen molar-refractivity contribution in [1.82, 2.24) is 15.1 Å². The van der Waals surface area contributed by atoms with E-state index < -0.39 is 0 Å². The van der Waals surface area contributed by atoms with E-state index in [4.69, 9.17) is 18.9 Å². The molecule has 34 heavy (non-hydrogen) atoms. The monoisotopic (exact) mass is 475 g/mol. The van der Waals surface area contributed by atoms with Gasteiger partial charge in [0, 0.05) is 24.9 Å². The van der Waals surface area contributed by atoms with Crippen LogP contribution in [0.25, 0.3) is 0 Å². The van der Waals surface area contributed by atoms with Crippen molar-refractivity contribution in [2.45, 2.75) is 46.1 Å². The SMILES string of the molecule is CCCCCOCCOCCOCCOCCNC(=O)c1ccc(C(C)n2cc(C)cn2)cc1. The second-order valence-electron chi connectivity index (χ2n) is 8.21. The van der Waals surface area contributed by atoms with Gasteiger partial charge in [0.1, 0.15) is 0 Å². The first-order valence-electron chi connectivity index (χ1n) is 12.3. The molecule has 0 aliphatic rings. The maximum absolute atomic E-state index is 12.3. The van der Waals surface area contributed by atoms with Gasteiger partial charge in [0.25, 0.3) is 5.91 Å². The summed E-state index contributed by atoms with van der Waals surface area (Å²) in [6.45, 7) is 11.3. The molecule has 8 heteroatoms. The summed E-state index contributed by atoms with van der Waals surface area (Å²) >= 11 is 0. The topological polar surface area (TPSA) is 83.8 Å². The fourth-order valence-electron chi connectivity index (χ4n) is 3.27. The van der Waals surface area contributed by atoms with Crippen molar-refractivity contribution >= 4 is 5.91 Å². The minimum Gasteiger partial charge on any atom is -0.379 e. The number of unbranched alkanes of at least 4 members (excludes halogenated alkanes) is 2. The van der Waals surface area contributed by atoms with E-state index in [-0.39, 0.29) is 11.9 Å². The zero-order valence-electron chi connectivity index (χ0n) is 21.0. The van der Waals surface area contributed by atoms with Gasteiger partial charge in [-0.05, 0) is 43.5 Å². The van der Waals surface area contributed by atoms with Crippen LogP contribution in [0.4, 0.5) is 0 Å². The summed E-state index contributed by atoms with van der Waals surface area (Å²) < 4.78 is 23.8. The maximum atomic E-state index is 12.3. The molecule has 2 rings (SSSR count). The first-order valence-corrected chi connectivity index (χ1v) is 12.3. The van der Waals surface area contributed by atoms with E-state index in [2.05, 4.69) is 24.3 Å². The van der Waals surface area contributed by atoms with Gasteiger partial charge in [-0.2, -0.15) is 5.10 Å². The number of hydrogen-bond donors (Lipinski definition) is 1. The third-order valence-electron chi connectivity index (χ3n) is 5.32. The molecule has 1 heterocycles. The summed E-state index contributed by atoms with van der Waals surface area (Å²) in [6.07, 6.45) is 7.39. The van der Waals surface area contributed by atoms with Crippen LogP contribution in [-0.2, 0) is 18.9 Å². The Morgan fingerprint density at radius 3 is 2.06 bits per heavy atom. The quantitative estimate of drug-likeness (QED) is 0.311. The normalized spacial score (nSPS) is 12.1. The Morgan fingerprint density at radius 1 is 0.912 bits per heavy atom. The zero-order chi connectivity index (χ0) is 24.4. The molecule has 0 saturated carbocycles. The van der Waals surface area contributed by atoms with Crippen molar-refractivity contribution in [3.8, 4) is 0 Å². The number of aromatic nitrogens is 2. The minimum absolute atomic E-state index is 0.111. The van der Waals surface area contributed by atoms with E-state index >= 15 is 0 Å². The molecular weight excluding hydrogens is 434 g/mol. The van der Waals surface area contributed by atoms with Gasteiger partial charge in [-0.15, -0.1) is 0 Å². The number of nitrogens with zero attached hydrogens (tertiary/aromatic N) is 2. The highest BCUT2D eigenvalue weighted by atomic mass is 16.6. The molecule has 1 N–H and O–H groups in total. The summed E-state index contributed by atoms with van der Waals surface area (Å²) in [4.78, 5) is 12.3. The summed E-state index contributed by atoms with van der Waals surface area (Å²) in [5.74, 6) is -0.111. The Morgan fingerprint density at radius 2 is 1.50 bits per heavy atom. The molecule has 1 unspecified atom stereocenters. The minimum atomic E-state index is -0.111. The Hall–Kier alpha value is -2.26. The molecule has 0 spiro atoms. The summed E-state index contributed by atoms with van der Waals surface area (Å²) in [5, 5.41) is 7.24. The van der Waals surface area contributed by atoms with Gasteiger partial charge in [-0.1, -0.05) is 31.9 Å². The lowest BCUT2D eigenvalue weighted by Crippen LogP contribution is -2.27. The van der Waals surface area contributed by atoms with Crippen molar-refractivity contribution < 1.29 is 23.7 Å². The van der Waals surface area contributed by atoms with Gasteiger partial charge in [0.05, 0.1) is 58.5 Å². The number of benzene rings is 1. The highest BCUT2D eigenvalue weighted by Gasteiger charge is 2.10. The second kappa shape index (κ2) is 17.2. The van der Waals surface area contributed by atoms with E-state index in [1.807, 2.05) is 48.3 Å². The number of nitrogens with one attached hydrogen (secondary N) is 1. The number of ether oxygens (including phenoxy) is 4. The Labute approximate surface area is 203 Å². The summed E-state index contributed by atoms with van der Waals surface area (Å²) in [6, 6.07) is 7.73. The summed E-state index contributed by atoms with van der Waals surface area (Å²) in [5.41, 5.74) is 2.85. The molecule has 190 valence electrons. The van der Waals surface area contributed by atoms with E-state index in [0.29, 0.717) is 58.4 Å². The van der Waals surface area contributed by atoms with Crippen molar-refractivity contribution in [3.63, 3.8) is 0 Å². The lowest BCUT2D eigenvalue weighted by Gasteiger charge is -2.13. The molecule has 1 amide bonds. The average Bonchev–Trinajstić information content (AvgIpc) is 3.29. The van der Waals surface area contributed by atoms with E-state index in [0.717, 1.165) is 24.2 Å². The van der Waals surface area contributed by atoms with Crippen LogP contribution < -0.4 is 5.32 Å². The van der Waals surface area contributed by atoms with E-state index in [1.54, 1.807) is 0 Å². The number of carbonyl (C=O) groups is 1. The largest absolute Gasteiger partial charge is 0.379 e. The smallest absolute Gasteiger partial charge is 0.251 e. The van der Waals surface area contributed by atoms with Crippen LogP contribution in [0.15, 0.2) is 36.7 Å². The molecular formula is C26H41N3O5. The third-order valence-corrected chi connectivity index (χ3v) is 5.32. The van der Waals surface area contributed by atoms with Gasteiger partial charge in [0.2, 0.25) is 0 Å². The lowest BCUT2D eigenvalue weighted by molar-refractivity contribution is -0.00172. The van der Waals surface area contributed by atoms with Gasteiger partial charge in [-0.25, -0.2) is 0 Å². The number of carbonyl (C=O) groups excluding carboxylic acids is 1. The van der Waals surface area contributed by atoms with Crippen LogP contribution in [0.5, 0.6) is 0 Å². The van der Waals surface area contributed by atoms with Gasteiger partial charge >= 0.3 is 0 Å². The molecule has 0 radical (unpaired) electrons. The zero-order valence-corrected chi connectivity index (χ0v) is 21.0. The molecule has 0 fully saturated rings. The van der Waals surface area contributed by atoms with Crippen LogP contribution in [0, 0.1) is 6.92 Å². The fourth-order valence-corrected chi connectivity index (χ4v) is 3.27. The predicted molar refractivity (Wildman–Crippen MR) is 132 cm³/mol. The molecule has 0 aliphatic heterocycles. The van der Waals surface area contributed by atoms with Crippen LogP contribution in [0.3, 0.4) is 0 Å². The third kappa shape index (κ3) is 11.2. The Kier molecular flexibility index (Phi) is 14.2. The van der Waals surface area contributed by atoms with E-state index in [9.17, 15) is 4.79 Å². The van der Waals surface area contributed by atoms with Crippen molar-refractivity contribution in [2.75, 3.05) is 59.4 Å². The molecule has 1 aromatic carbocycles. The van der Waals surface area contributed by atoms with Crippen LogP contribution in [0.2, 0.25) is 0 Å². The van der Waals surface area contributed by atoms with Gasteiger partial charge < -0.3 is 24.3 Å². The van der Waals surface area contributed by atoms with Crippen molar-refractivity contribution in [2.24, 2.45) is 0 Å². The van der Waals surface area contributed by atoms with Crippen molar-refractivity contribution in [3.05, 3.63) is 53.3 Å². The molecule has 0 saturated heterocycles. The highest BCUT2D eigenvalue weighted by Crippen LogP contribution is 2.18. The van der Waals surface area contributed by atoms with Crippen LogP contribution in [-0.4, -0.2) is 75.1 Å². The maximum Gasteiger partial charge on any atom is 0.251 e. The lowest BCUT2D eigenvalue weighted by atomic mass is 10.1. The first kappa shape index (κ1) is 28.0. The molecule has 8 nitrogen and oxygen atoms in total. The number of rotatable bonds is 19. The number of hydrogen-bond acceptors (Lipinski definition) is 6. The molecule has 1 atom stereocenters. The van der Waals surface area contributed by atoms with Crippen molar-refractivity contribution in [1.29, 1.82) is 0 Å². The highest BCUT2D eigenvalue weighted by molar-refractivity contribution is 5.94. The fraction of sp³-hybridized carbons (Fsp3) is 0.615.